The Morgan fingerprint density at radius 1 is 1.10 bits per heavy atom. The average Bonchev–Trinajstić information content (AvgIpc) is 3.22. The Labute approximate surface area is 181 Å². The molecule has 3 rings (SSSR count). The number of hydrogen-bond donors (Lipinski definition) is 0. The minimum absolute atomic E-state index is 0.214. The third-order valence-electron chi connectivity index (χ3n) is 5.30. The number of esters is 1. The largest absolute Gasteiger partial charge is 0.488 e. The lowest BCUT2D eigenvalue weighted by molar-refractivity contribution is 0.0470. The molecule has 3 aromatic rings. The van der Waals surface area contributed by atoms with Crippen molar-refractivity contribution in [2.45, 2.75) is 54.2 Å². The van der Waals surface area contributed by atoms with Gasteiger partial charge < -0.3 is 18.6 Å². The van der Waals surface area contributed by atoms with Crippen molar-refractivity contribution in [2.75, 3.05) is 6.61 Å². The van der Waals surface area contributed by atoms with E-state index < -0.39 is 5.97 Å². The Bertz CT molecular complexity index is 1090. The van der Waals surface area contributed by atoms with Crippen LogP contribution < -0.4 is 4.74 Å². The second-order valence-electron chi connectivity index (χ2n) is 7.84. The maximum atomic E-state index is 12.7. The van der Waals surface area contributed by atoms with Crippen LogP contribution in [0.4, 0.5) is 0 Å². The van der Waals surface area contributed by atoms with Gasteiger partial charge in [0.05, 0.1) is 11.3 Å². The molecule has 164 valence electrons. The van der Waals surface area contributed by atoms with Gasteiger partial charge >= 0.3 is 5.97 Å². The number of para-hydroxylation sites is 1. The van der Waals surface area contributed by atoms with Gasteiger partial charge in [0.2, 0.25) is 5.78 Å². The summed E-state index contributed by atoms with van der Waals surface area (Å²) in [7, 11) is 0. The molecule has 0 atom stereocenters. The molecule has 0 unspecified atom stereocenters. The van der Waals surface area contributed by atoms with Crippen LogP contribution in [0.2, 0.25) is 0 Å². The van der Waals surface area contributed by atoms with E-state index >= 15 is 0 Å². The number of aromatic nitrogens is 2. The first kappa shape index (κ1) is 22.3. The third kappa shape index (κ3) is 4.71. The van der Waals surface area contributed by atoms with Gasteiger partial charge in [-0.15, -0.1) is 0 Å². The van der Waals surface area contributed by atoms with Crippen molar-refractivity contribution in [1.29, 1.82) is 0 Å². The summed E-state index contributed by atoms with van der Waals surface area (Å²) >= 11 is 0. The normalized spacial score (nSPS) is 11.1. The highest BCUT2D eigenvalue weighted by Gasteiger charge is 2.20. The molecule has 31 heavy (non-hydrogen) atoms. The molecule has 2 aromatic heterocycles. The second kappa shape index (κ2) is 9.20. The van der Waals surface area contributed by atoms with Gasteiger partial charge in [-0.25, -0.2) is 4.79 Å². The first-order valence-corrected chi connectivity index (χ1v) is 10.2. The van der Waals surface area contributed by atoms with Crippen molar-refractivity contribution in [3.8, 4) is 5.75 Å². The van der Waals surface area contributed by atoms with Crippen molar-refractivity contribution in [1.82, 2.24) is 9.72 Å². The van der Waals surface area contributed by atoms with Crippen LogP contribution in [0.1, 0.15) is 69.0 Å². The van der Waals surface area contributed by atoms with E-state index in [0.29, 0.717) is 17.1 Å². The molecule has 0 radical (unpaired) electrons. The SMILES string of the molecule is Cc1noc(C)c1COc1ccccc1C(=O)OCC(=O)c1cc(C)n(C(C)C)c1C. The monoisotopic (exact) mass is 424 g/mol. The molecule has 7 nitrogen and oxygen atoms in total. The van der Waals surface area contributed by atoms with Gasteiger partial charge in [-0.1, -0.05) is 17.3 Å². The molecule has 0 saturated carbocycles. The lowest BCUT2D eigenvalue weighted by Crippen LogP contribution is -2.16. The van der Waals surface area contributed by atoms with E-state index in [1.165, 1.54) is 0 Å². The Hall–Kier alpha value is -3.35. The highest BCUT2D eigenvalue weighted by atomic mass is 16.5. The molecule has 0 amide bonds. The summed E-state index contributed by atoms with van der Waals surface area (Å²) in [6, 6.07) is 8.87. The number of carbonyl (C=O) groups excluding carboxylic acids is 2. The number of rotatable bonds is 8. The van der Waals surface area contributed by atoms with Gasteiger partial charge in [-0.3, -0.25) is 4.79 Å². The zero-order valence-corrected chi connectivity index (χ0v) is 18.8. The highest BCUT2D eigenvalue weighted by molar-refractivity contribution is 6.01. The maximum Gasteiger partial charge on any atom is 0.342 e. The van der Waals surface area contributed by atoms with Gasteiger partial charge in [0.15, 0.2) is 6.61 Å². The Morgan fingerprint density at radius 3 is 2.42 bits per heavy atom. The molecule has 0 aliphatic heterocycles. The fraction of sp³-hybridized carbons (Fsp3) is 0.375. The number of carbonyl (C=O) groups is 2. The van der Waals surface area contributed by atoms with E-state index in [9.17, 15) is 9.59 Å². The number of ether oxygens (including phenoxy) is 2. The Balaban J connectivity index is 1.69. The molecule has 0 bridgehead atoms. The number of nitrogens with zero attached hydrogens (tertiary/aromatic N) is 2. The maximum absolute atomic E-state index is 12.7. The molecule has 1 aromatic carbocycles. The predicted octanol–water partition coefficient (Wildman–Crippen LogP) is 4.91. The van der Waals surface area contributed by atoms with E-state index in [2.05, 4.69) is 23.6 Å². The summed E-state index contributed by atoms with van der Waals surface area (Å²) in [6.45, 7) is 11.5. The summed E-state index contributed by atoms with van der Waals surface area (Å²) in [6.07, 6.45) is 0. The van der Waals surface area contributed by atoms with E-state index in [0.717, 1.165) is 22.6 Å². The molecule has 0 aliphatic rings. The van der Waals surface area contributed by atoms with E-state index in [1.807, 2.05) is 26.8 Å². The van der Waals surface area contributed by atoms with Crippen molar-refractivity contribution >= 4 is 11.8 Å². The number of ketones is 1. The molecular weight excluding hydrogens is 396 g/mol. The van der Waals surface area contributed by atoms with Crippen LogP contribution in [-0.2, 0) is 11.3 Å². The Kier molecular flexibility index (Phi) is 6.63. The van der Waals surface area contributed by atoms with Crippen LogP contribution in [0.25, 0.3) is 0 Å². The molecule has 0 N–H and O–H groups in total. The first-order valence-electron chi connectivity index (χ1n) is 10.2. The summed E-state index contributed by atoms with van der Waals surface area (Å²) in [5.41, 5.74) is 4.27. The van der Waals surface area contributed by atoms with Gasteiger partial charge in [-0.2, -0.15) is 0 Å². The zero-order chi connectivity index (χ0) is 22.7. The van der Waals surface area contributed by atoms with E-state index in [4.69, 9.17) is 14.0 Å². The number of hydrogen-bond acceptors (Lipinski definition) is 6. The van der Waals surface area contributed by atoms with Crippen LogP contribution in [0.15, 0.2) is 34.9 Å². The Morgan fingerprint density at radius 2 is 1.81 bits per heavy atom. The minimum Gasteiger partial charge on any atom is -0.488 e. The number of aryl methyl sites for hydroxylation is 3. The number of Topliss-reactive ketones (excluding diaryl/α,β-unsaturated/α-hetero) is 1. The lowest BCUT2D eigenvalue weighted by Gasteiger charge is -2.13. The van der Waals surface area contributed by atoms with Gasteiger partial charge in [0.25, 0.3) is 0 Å². The minimum atomic E-state index is -0.611. The van der Waals surface area contributed by atoms with Crippen LogP contribution in [0.3, 0.4) is 0 Å². The molecule has 0 aliphatic carbocycles. The lowest BCUT2D eigenvalue weighted by atomic mass is 10.1. The topological polar surface area (TPSA) is 83.6 Å². The van der Waals surface area contributed by atoms with Crippen molar-refractivity contribution < 1.29 is 23.6 Å². The quantitative estimate of drug-likeness (QED) is 0.377. The van der Waals surface area contributed by atoms with Crippen LogP contribution in [0.5, 0.6) is 5.75 Å². The first-order chi connectivity index (χ1) is 14.7. The fourth-order valence-corrected chi connectivity index (χ4v) is 3.76. The molecule has 7 heteroatoms. The molecular formula is C24H28N2O5. The molecule has 0 fully saturated rings. The zero-order valence-electron chi connectivity index (χ0n) is 18.8. The molecule has 0 spiro atoms. The van der Waals surface area contributed by atoms with Crippen LogP contribution in [-0.4, -0.2) is 28.1 Å². The van der Waals surface area contributed by atoms with Gasteiger partial charge in [0.1, 0.15) is 23.7 Å². The van der Waals surface area contributed by atoms with Crippen molar-refractivity contribution in [3.05, 3.63) is 69.9 Å². The van der Waals surface area contributed by atoms with E-state index in [-0.39, 0.29) is 30.6 Å². The predicted molar refractivity (Wildman–Crippen MR) is 116 cm³/mol. The summed E-state index contributed by atoms with van der Waals surface area (Å²) < 4.78 is 18.4. The van der Waals surface area contributed by atoms with Gasteiger partial charge in [-0.05, 0) is 59.7 Å². The average molecular weight is 424 g/mol. The van der Waals surface area contributed by atoms with E-state index in [1.54, 1.807) is 31.2 Å². The third-order valence-corrected chi connectivity index (χ3v) is 5.30. The van der Waals surface area contributed by atoms with Crippen molar-refractivity contribution in [2.24, 2.45) is 0 Å². The molecule has 0 saturated heterocycles. The summed E-state index contributed by atoms with van der Waals surface area (Å²) in [5.74, 6) is 0.197. The summed E-state index contributed by atoms with van der Waals surface area (Å²) in [4.78, 5) is 25.4. The molecule has 2 heterocycles. The van der Waals surface area contributed by atoms with Crippen molar-refractivity contribution in [3.63, 3.8) is 0 Å². The van der Waals surface area contributed by atoms with Gasteiger partial charge in [0, 0.05) is 23.0 Å². The van der Waals surface area contributed by atoms with Crippen LogP contribution in [0, 0.1) is 27.7 Å². The summed E-state index contributed by atoms with van der Waals surface area (Å²) in [5, 5.41) is 3.90. The smallest absolute Gasteiger partial charge is 0.342 e. The second-order valence-corrected chi connectivity index (χ2v) is 7.84. The standard InChI is InChI=1S/C24H28N2O5/c1-14(2)26-15(3)11-20(17(26)5)22(27)13-30-24(28)19-9-7-8-10-23(19)29-12-21-16(4)25-31-18(21)6/h7-11,14H,12-13H2,1-6H3. The number of benzene rings is 1. The fourth-order valence-electron chi connectivity index (χ4n) is 3.76. The van der Waals surface area contributed by atoms with Crippen LogP contribution >= 0.6 is 0 Å². The highest BCUT2D eigenvalue weighted by Crippen LogP contribution is 2.23.